The Morgan fingerprint density at radius 1 is 1.06 bits per heavy atom. The molecule has 0 bridgehead atoms. The molecule has 0 atom stereocenters. The summed E-state index contributed by atoms with van der Waals surface area (Å²) in [7, 11) is 0. The topological polar surface area (TPSA) is 18.5 Å². The summed E-state index contributed by atoms with van der Waals surface area (Å²) in [6, 6.07) is 5.82. The van der Waals surface area contributed by atoms with Gasteiger partial charge in [0.25, 0.3) is 0 Å². The normalized spacial score (nSPS) is 11.2. The maximum Gasteiger partial charge on any atom is 0.173 e. The molecule has 18 heavy (non-hydrogen) atoms. The number of benzene rings is 1. The lowest BCUT2D eigenvalue weighted by atomic mass is 9.96. The van der Waals surface area contributed by atoms with Gasteiger partial charge in [0.15, 0.2) is 5.75 Å². The van der Waals surface area contributed by atoms with Gasteiger partial charge in [-0.05, 0) is 51.8 Å². The van der Waals surface area contributed by atoms with Crippen molar-refractivity contribution in [1.29, 1.82) is 0 Å². The van der Waals surface area contributed by atoms with Crippen molar-refractivity contribution in [3.8, 4) is 5.75 Å². The summed E-state index contributed by atoms with van der Waals surface area (Å²) in [6.07, 6.45) is 0. The first-order valence-electron chi connectivity index (χ1n) is 6.03. The van der Waals surface area contributed by atoms with Crippen molar-refractivity contribution < 1.29 is 9.78 Å². The Labute approximate surface area is 110 Å². The predicted octanol–water partition coefficient (Wildman–Crippen LogP) is 4.86. The second-order valence-electron chi connectivity index (χ2n) is 5.52. The number of rotatable bonds is 4. The van der Waals surface area contributed by atoms with Crippen LogP contribution in [0.1, 0.15) is 45.7 Å². The first-order valence-corrected chi connectivity index (χ1v) is 6.03. The Bertz CT molecular complexity index is 464. The summed E-state index contributed by atoms with van der Waals surface area (Å²) in [5.74, 6) is 0.679. The van der Waals surface area contributed by atoms with Crippen LogP contribution in [-0.4, -0.2) is 5.60 Å². The standard InChI is InChI=1S/C16H22O2/c1-11(2)13-9-8-10-14(15(13)12(3)4)17-18-16(5,6)7/h8-10H,1,3H2,2,4-7H3. The lowest BCUT2D eigenvalue weighted by Crippen LogP contribution is -2.21. The van der Waals surface area contributed by atoms with Gasteiger partial charge in [-0.25, -0.2) is 0 Å². The van der Waals surface area contributed by atoms with E-state index in [1.807, 2.05) is 52.8 Å². The Morgan fingerprint density at radius 2 is 1.67 bits per heavy atom. The van der Waals surface area contributed by atoms with E-state index in [0.29, 0.717) is 5.75 Å². The third-order valence-corrected chi connectivity index (χ3v) is 2.29. The van der Waals surface area contributed by atoms with E-state index in [4.69, 9.17) is 9.78 Å². The maximum absolute atomic E-state index is 5.45. The molecule has 2 nitrogen and oxygen atoms in total. The van der Waals surface area contributed by atoms with Crippen LogP contribution in [0.3, 0.4) is 0 Å². The van der Waals surface area contributed by atoms with Crippen LogP contribution in [0.4, 0.5) is 0 Å². The quantitative estimate of drug-likeness (QED) is 0.558. The molecule has 0 saturated heterocycles. The van der Waals surface area contributed by atoms with E-state index < -0.39 is 0 Å². The highest BCUT2D eigenvalue weighted by molar-refractivity contribution is 5.80. The third-order valence-electron chi connectivity index (χ3n) is 2.29. The van der Waals surface area contributed by atoms with E-state index >= 15 is 0 Å². The second-order valence-corrected chi connectivity index (χ2v) is 5.52. The average Bonchev–Trinajstić information content (AvgIpc) is 2.24. The average molecular weight is 246 g/mol. The van der Waals surface area contributed by atoms with E-state index in [0.717, 1.165) is 22.3 Å². The third kappa shape index (κ3) is 3.74. The molecule has 0 saturated carbocycles. The molecule has 1 rings (SSSR count). The molecule has 0 N–H and O–H groups in total. The fourth-order valence-electron chi connectivity index (χ4n) is 1.57. The van der Waals surface area contributed by atoms with Gasteiger partial charge in [-0.1, -0.05) is 30.9 Å². The van der Waals surface area contributed by atoms with E-state index in [9.17, 15) is 0 Å². The molecular weight excluding hydrogens is 224 g/mol. The number of hydrogen-bond acceptors (Lipinski definition) is 2. The van der Waals surface area contributed by atoms with Crippen molar-refractivity contribution in [1.82, 2.24) is 0 Å². The molecule has 0 aromatic heterocycles. The van der Waals surface area contributed by atoms with Gasteiger partial charge in [0, 0.05) is 5.56 Å². The maximum atomic E-state index is 5.45. The van der Waals surface area contributed by atoms with Gasteiger partial charge in [-0.15, -0.1) is 0 Å². The van der Waals surface area contributed by atoms with Gasteiger partial charge < -0.3 is 4.89 Å². The molecule has 0 unspecified atom stereocenters. The lowest BCUT2D eigenvalue weighted by Gasteiger charge is -2.20. The largest absolute Gasteiger partial charge is 0.336 e. The minimum absolute atomic E-state index is 0.356. The van der Waals surface area contributed by atoms with Gasteiger partial charge >= 0.3 is 0 Å². The Balaban J connectivity index is 3.15. The van der Waals surface area contributed by atoms with Crippen LogP contribution in [-0.2, 0) is 4.89 Å². The van der Waals surface area contributed by atoms with Crippen LogP contribution in [0.15, 0.2) is 31.4 Å². The summed E-state index contributed by atoms with van der Waals surface area (Å²) in [5, 5.41) is 0. The zero-order chi connectivity index (χ0) is 13.9. The van der Waals surface area contributed by atoms with Gasteiger partial charge in [0.05, 0.1) is 0 Å². The smallest absolute Gasteiger partial charge is 0.173 e. The van der Waals surface area contributed by atoms with Gasteiger partial charge in [0.1, 0.15) is 5.60 Å². The molecule has 2 heteroatoms. The zero-order valence-corrected chi connectivity index (χ0v) is 12.0. The van der Waals surface area contributed by atoms with Crippen LogP contribution >= 0.6 is 0 Å². The van der Waals surface area contributed by atoms with E-state index in [1.54, 1.807) is 0 Å². The zero-order valence-electron chi connectivity index (χ0n) is 12.0. The highest BCUT2D eigenvalue weighted by atomic mass is 17.2. The van der Waals surface area contributed by atoms with Crippen molar-refractivity contribution in [3.63, 3.8) is 0 Å². The minimum Gasteiger partial charge on any atom is -0.336 e. The molecule has 1 aromatic carbocycles. The van der Waals surface area contributed by atoms with Crippen molar-refractivity contribution >= 4 is 11.1 Å². The fraction of sp³-hybridized carbons (Fsp3) is 0.375. The number of allylic oxidation sites excluding steroid dienone is 2. The van der Waals surface area contributed by atoms with Gasteiger partial charge in [0.2, 0.25) is 0 Å². The summed E-state index contributed by atoms with van der Waals surface area (Å²) in [5.41, 5.74) is 3.55. The Hall–Kier alpha value is -1.54. The molecule has 0 amide bonds. The first-order chi connectivity index (χ1) is 8.22. The molecule has 0 aliphatic carbocycles. The Morgan fingerprint density at radius 3 is 2.11 bits per heavy atom. The summed E-state index contributed by atoms with van der Waals surface area (Å²) in [4.78, 5) is 10.8. The highest BCUT2D eigenvalue weighted by Crippen LogP contribution is 2.32. The minimum atomic E-state index is -0.356. The Kier molecular flexibility index (Phi) is 4.36. The molecule has 1 aromatic rings. The second kappa shape index (κ2) is 5.40. The molecule has 98 valence electrons. The molecule has 0 fully saturated rings. The van der Waals surface area contributed by atoms with E-state index in [2.05, 4.69) is 13.2 Å². The number of hydrogen-bond donors (Lipinski definition) is 0. The summed E-state index contributed by atoms with van der Waals surface area (Å²) < 4.78 is 0. The molecule has 0 aliphatic rings. The fourth-order valence-corrected chi connectivity index (χ4v) is 1.57. The van der Waals surface area contributed by atoms with Crippen LogP contribution in [0, 0.1) is 0 Å². The molecule has 0 heterocycles. The van der Waals surface area contributed by atoms with Crippen molar-refractivity contribution in [2.75, 3.05) is 0 Å². The molecular formula is C16H22O2. The van der Waals surface area contributed by atoms with Gasteiger partial charge in [-0.3, -0.25) is 0 Å². The summed E-state index contributed by atoms with van der Waals surface area (Å²) in [6.45, 7) is 17.7. The highest BCUT2D eigenvalue weighted by Gasteiger charge is 2.16. The van der Waals surface area contributed by atoms with Crippen LogP contribution < -0.4 is 4.89 Å². The van der Waals surface area contributed by atoms with Crippen molar-refractivity contribution in [3.05, 3.63) is 42.5 Å². The SMILES string of the molecule is C=C(C)c1cccc(OOC(C)(C)C)c1C(=C)C. The van der Waals surface area contributed by atoms with Crippen molar-refractivity contribution in [2.24, 2.45) is 0 Å². The molecule has 0 radical (unpaired) electrons. The molecule has 0 spiro atoms. The lowest BCUT2D eigenvalue weighted by molar-refractivity contribution is -0.274. The summed E-state index contributed by atoms with van der Waals surface area (Å²) >= 11 is 0. The van der Waals surface area contributed by atoms with Crippen LogP contribution in [0.25, 0.3) is 11.1 Å². The van der Waals surface area contributed by atoms with Crippen LogP contribution in [0.2, 0.25) is 0 Å². The predicted molar refractivity (Wildman–Crippen MR) is 77.3 cm³/mol. The van der Waals surface area contributed by atoms with E-state index in [1.165, 1.54) is 0 Å². The van der Waals surface area contributed by atoms with Gasteiger partial charge in [-0.2, -0.15) is 4.89 Å². The van der Waals surface area contributed by atoms with Crippen LogP contribution in [0.5, 0.6) is 5.75 Å². The van der Waals surface area contributed by atoms with Crippen molar-refractivity contribution in [2.45, 2.75) is 40.2 Å². The first kappa shape index (κ1) is 14.5. The monoisotopic (exact) mass is 246 g/mol. The van der Waals surface area contributed by atoms with E-state index in [-0.39, 0.29) is 5.60 Å². The molecule has 0 aliphatic heterocycles.